The van der Waals surface area contributed by atoms with Gasteiger partial charge in [-0.15, -0.1) is 12.4 Å². The summed E-state index contributed by atoms with van der Waals surface area (Å²) in [5.41, 5.74) is 5.05. The lowest BCUT2D eigenvalue weighted by Crippen LogP contribution is -2.38. The normalized spacial score (nSPS) is 9.48. The van der Waals surface area contributed by atoms with Gasteiger partial charge in [-0.3, -0.25) is 10.2 Å². The van der Waals surface area contributed by atoms with Gasteiger partial charge in [-0.2, -0.15) is 0 Å². The molecule has 122 valence electrons. The zero-order chi connectivity index (χ0) is 15.9. The van der Waals surface area contributed by atoms with E-state index in [-0.39, 0.29) is 12.4 Å². The summed E-state index contributed by atoms with van der Waals surface area (Å²) in [7, 11) is 1.53. The third kappa shape index (κ3) is 5.45. The van der Waals surface area contributed by atoms with E-state index in [2.05, 4.69) is 11.0 Å². The maximum Gasteiger partial charge on any atom is 0.358 e. The molecule has 8 heteroatoms. The minimum absolute atomic E-state index is 0. The number of nitrogens with one attached hydrogen (secondary N) is 2. The van der Waals surface area contributed by atoms with E-state index in [1.165, 1.54) is 19.2 Å². The number of rotatable bonds is 5. The first kappa shape index (κ1) is 18.8. The number of carbonyl (C=O) groups is 2. The predicted octanol–water partition coefficient (Wildman–Crippen LogP) is 2.78. The Morgan fingerprint density at radius 1 is 0.957 bits per heavy atom. The molecule has 0 unspecified atom stereocenters. The van der Waals surface area contributed by atoms with Gasteiger partial charge < -0.3 is 9.57 Å². The Bertz CT molecular complexity index is 660. The van der Waals surface area contributed by atoms with Gasteiger partial charge in [0.25, 0.3) is 5.91 Å². The van der Waals surface area contributed by atoms with Crippen LogP contribution in [-0.2, 0) is 4.84 Å². The van der Waals surface area contributed by atoms with Crippen molar-refractivity contribution in [3.63, 3.8) is 0 Å². The van der Waals surface area contributed by atoms with E-state index in [1.807, 2.05) is 0 Å². The second kappa shape index (κ2) is 8.99. The quantitative estimate of drug-likeness (QED) is 0.805. The van der Waals surface area contributed by atoms with Gasteiger partial charge >= 0.3 is 5.97 Å². The molecule has 0 aliphatic rings. The molecule has 6 nitrogen and oxygen atoms in total. The summed E-state index contributed by atoms with van der Waals surface area (Å²) in [6.45, 7) is 0. The van der Waals surface area contributed by atoms with E-state index in [0.717, 1.165) is 0 Å². The minimum Gasteiger partial charge on any atom is -0.497 e. The summed E-state index contributed by atoms with van der Waals surface area (Å²) in [6.07, 6.45) is 0. The average Bonchev–Trinajstić information content (AvgIpc) is 2.55. The van der Waals surface area contributed by atoms with Crippen LogP contribution in [0.25, 0.3) is 0 Å². The van der Waals surface area contributed by atoms with Gasteiger partial charge in [-0.05, 0) is 48.5 Å². The molecule has 2 N–H and O–H groups in total. The molecule has 0 spiro atoms. The van der Waals surface area contributed by atoms with E-state index < -0.39 is 11.9 Å². The van der Waals surface area contributed by atoms with Crippen LogP contribution >= 0.6 is 24.0 Å². The third-order valence-electron chi connectivity index (χ3n) is 2.74. The van der Waals surface area contributed by atoms with Crippen LogP contribution in [0.2, 0.25) is 5.02 Å². The van der Waals surface area contributed by atoms with E-state index in [1.54, 1.807) is 36.4 Å². The summed E-state index contributed by atoms with van der Waals surface area (Å²) in [5, 5.41) is 0.511. The van der Waals surface area contributed by atoms with Gasteiger partial charge in [-0.1, -0.05) is 17.2 Å². The maximum atomic E-state index is 11.8. The average molecular weight is 357 g/mol. The molecule has 0 fully saturated rings. The van der Waals surface area contributed by atoms with Crippen molar-refractivity contribution in [3.8, 4) is 5.75 Å². The first-order valence-electron chi connectivity index (χ1n) is 6.26. The Morgan fingerprint density at radius 2 is 1.52 bits per heavy atom. The minimum atomic E-state index is -0.647. The van der Waals surface area contributed by atoms with E-state index >= 15 is 0 Å². The Labute approximate surface area is 144 Å². The van der Waals surface area contributed by atoms with Crippen LogP contribution in [0.3, 0.4) is 0 Å². The number of hydrazine groups is 1. The van der Waals surface area contributed by atoms with Gasteiger partial charge in [0.15, 0.2) is 0 Å². The molecule has 0 aromatic heterocycles. The van der Waals surface area contributed by atoms with Gasteiger partial charge in [0.1, 0.15) is 5.75 Å². The summed E-state index contributed by atoms with van der Waals surface area (Å²) in [6, 6.07) is 12.6. The fraction of sp³-hybridized carbons (Fsp3) is 0.0667. The number of benzene rings is 2. The van der Waals surface area contributed by atoms with Crippen LogP contribution in [0.4, 0.5) is 0 Å². The third-order valence-corrected chi connectivity index (χ3v) is 2.99. The molecule has 2 aromatic rings. The standard InChI is InChI=1S/C15H13ClN2O4.ClH/c1-21-13-8-4-10(5-9-13)14(19)17-18-22-15(20)11-2-6-12(16)7-3-11;/h2-9,18H,1H3,(H,17,19);1H. The summed E-state index contributed by atoms with van der Waals surface area (Å²) in [4.78, 5) is 28.2. The molecule has 0 saturated carbocycles. The van der Waals surface area contributed by atoms with Crippen LogP contribution in [-0.4, -0.2) is 19.0 Å². The van der Waals surface area contributed by atoms with Crippen LogP contribution < -0.4 is 15.8 Å². The van der Waals surface area contributed by atoms with Crippen LogP contribution in [0.15, 0.2) is 48.5 Å². The molecular weight excluding hydrogens is 343 g/mol. The van der Waals surface area contributed by atoms with Crippen molar-refractivity contribution in [2.75, 3.05) is 7.11 Å². The fourth-order valence-corrected chi connectivity index (χ4v) is 1.70. The summed E-state index contributed by atoms with van der Waals surface area (Å²) >= 11 is 5.72. The lowest BCUT2D eigenvalue weighted by Gasteiger charge is -2.08. The van der Waals surface area contributed by atoms with Crippen molar-refractivity contribution in [1.29, 1.82) is 0 Å². The second-order valence-corrected chi connectivity index (χ2v) is 4.62. The molecule has 1 amide bonds. The Balaban J connectivity index is 0.00000264. The first-order chi connectivity index (χ1) is 10.6. The van der Waals surface area contributed by atoms with Crippen LogP contribution in [0.5, 0.6) is 5.75 Å². The van der Waals surface area contributed by atoms with Gasteiger partial charge in [-0.25, -0.2) is 4.79 Å². The zero-order valence-corrected chi connectivity index (χ0v) is 13.6. The lowest BCUT2D eigenvalue weighted by atomic mass is 10.2. The SMILES string of the molecule is COc1ccc(C(=O)NNOC(=O)c2ccc(Cl)cc2)cc1.Cl. The van der Waals surface area contributed by atoms with E-state index in [0.29, 0.717) is 21.9 Å². The molecule has 0 aliphatic carbocycles. The number of halogens is 2. The van der Waals surface area contributed by atoms with Gasteiger partial charge in [0, 0.05) is 10.6 Å². The predicted molar refractivity (Wildman–Crippen MR) is 87.7 cm³/mol. The molecule has 0 bridgehead atoms. The van der Waals surface area contributed by atoms with E-state index in [9.17, 15) is 9.59 Å². The molecule has 0 aliphatic heterocycles. The monoisotopic (exact) mass is 356 g/mol. The van der Waals surface area contributed by atoms with Crippen molar-refractivity contribution in [2.24, 2.45) is 0 Å². The van der Waals surface area contributed by atoms with Crippen molar-refractivity contribution in [1.82, 2.24) is 11.0 Å². The van der Waals surface area contributed by atoms with Crippen molar-refractivity contribution >= 4 is 35.9 Å². The number of ether oxygens (including phenoxy) is 1. The maximum absolute atomic E-state index is 11.8. The highest BCUT2D eigenvalue weighted by molar-refractivity contribution is 6.30. The first-order valence-corrected chi connectivity index (χ1v) is 6.64. The van der Waals surface area contributed by atoms with Crippen molar-refractivity contribution in [3.05, 3.63) is 64.7 Å². The molecule has 2 aromatic carbocycles. The van der Waals surface area contributed by atoms with Gasteiger partial charge in [0.05, 0.1) is 12.7 Å². The summed E-state index contributed by atoms with van der Waals surface area (Å²) in [5.74, 6) is -0.461. The lowest BCUT2D eigenvalue weighted by molar-refractivity contribution is 0.0137. The molecule has 0 saturated heterocycles. The number of hydrogen-bond donors (Lipinski definition) is 2. The molecular formula is C15H14Cl2N2O4. The smallest absolute Gasteiger partial charge is 0.358 e. The van der Waals surface area contributed by atoms with Crippen molar-refractivity contribution < 1.29 is 19.2 Å². The topological polar surface area (TPSA) is 76.7 Å². The van der Waals surface area contributed by atoms with Gasteiger partial charge in [0.2, 0.25) is 0 Å². The van der Waals surface area contributed by atoms with Crippen molar-refractivity contribution in [2.45, 2.75) is 0 Å². The summed E-state index contributed by atoms with van der Waals surface area (Å²) < 4.78 is 4.99. The molecule has 0 radical (unpaired) electrons. The largest absolute Gasteiger partial charge is 0.497 e. The number of amides is 1. The van der Waals surface area contributed by atoms with Crippen LogP contribution in [0.1, 0.15) is 20.7 Å². The highest BCUT2D eigenvalue weighted by Crippen LogP contribution is 2.11. The highest BCUT2D eigenvalue weighted by Gasteiger charge is 2.09. The fourth-order valence-electron chi connectivity index (χ4n) is 1.58. The Hall–Kier alpha value is -2.28. The molecule has 0 heterocycles. The highest BCUT2D eigenvalue weighted by atomic mass is 35.5. The Kier molecular flexibility index (Phi) is 7.34. The van der Waals surface area contributed by atoms with Crippen LogP contribution in [0, 0.1) is 0 Å². The number of methoxy groups -OCH3 is 1. The van der Waals surface area contributed by atoms with E-state index in [4.69, 9.17) is 21.2 Å². The Morgan fingerprint density at radius 3 is 2.09 bits per heavy atom. The number of carbonyl (C=O) groups excluding carboxylic acids is 2. The molecule has 23 heavy (non-hydrogen) atoms. The molecule has 0 atom stereocenters. The second-order valence-electron chi connectivity index (χ2n) is 4.18. The molecule has 2 rings (SSSR count). The number of hydrogen-bond acceptors (Lipinski definition) is 5. The zero-order valence-electron chi connectivity index (χ0n) is 12.0.